The molecule has 0 bridgehead atoms. The zero-order valence-electron chi connectivity index (χ0n) is 8.27. The zero-order chi connectivity index (χ0) is 11.8. The number of nitrogens with two attached hydrogens (primary N) is 1. The maximum absolute atomic E-state index is 12.9. The van der Waals surface area contributed by atoms with Gasteiger partial charge in [-0.1, -0.05) is 0 Å². The van der Waals surface area contributed by atoms with E-state index in [9.17, 15) is 12.8 Å². The predicted molar refractivity (Wildman–Crippen MR) is 57.7 cm³/mol. The van der Waals surface area contributed by atoms with Gasteiger partial charge in [0.15, 0.2) is 0 Å². The Morgan fingerprint density at radius 3 is 2.88 bits per heavy atom. The van der Waals surface area contributed by atoms with Crippen LogP contribution in [-0.2, 0) is 16.4 Å². The Balaban J connectivity index is 2.32. The summed E-state index contributed by atoms with van der Waals surface area (Å²) in [5.41, 5.74) is 1.12. The molecule has 0 saturated heterocycles. The number of aromatic amines is 1. The van der Waals surface area contributed by atoms with Gasteiger partial charge in [0.1, 0.15) is 5.82 Å². The molecule has 86 valence electrons. The lowest BCUT2D eigenvalue weighted by molar-refractivity contribution is 0.596. The molecule has 0 aliphatic heterocycles. The molecule has 2 aromatic rings. The number of hydrogen-bond acceptors (Lipinski definition) is 3. The minimum Gasteiger partial charge on any atom is -0.281 e. The van der Waals surface area contributed by atoms with Crippen molar-refractivity contribution in [2.24, 2.45) is 5.14 Å². The highest BCUT2D eigenvalue weighted by atomic mass is 32.2. The van der Waals surface area contributed by atoms with Crippen molar-refractivity contribution in [1.82, 2.24) is 10.2 Å². The third-order valence-electron chi connectivity index (χ3n) is 2.23. The molecule has 0 aliphatic carbocycles. The highest BCUT2D eigenvalue weighted by Gasteiger charge is 2.09. The highest BCUT2D eigenvalue weighted by Crippen LogP contribution is 2.17. The van der Waals surface area contributed by atoms with Gasteiger partial charge in [-0.3, -0.25) is 5.10 Å². The Morgan fingerprint density at radius 1 is 1.44 bits per heavy atom. The molecule has 0 spiro atoms. The molecule has 0 amide bonds. The van der Waals surface area contributed by atoms with Crippen LogP contribution < -0.4 is 5.14 Å². The van der Waals surface area contributed by atoms with Gasteiger partial charge in [-0.25, -0.2) is 17.9 Å². The van der Waals surface area contributed by atoms with Gasteiger partial charge in [0, 0.05) is 23.6 Å². The van der Waals surface area contributed by atoms with Crippen molar-refractivity contribution in [3.05, 3.63) is 29.7 Å². The fraction of sp³-hybridized carbons (Fsp3) is 0.222. The molecule has 0 fully saturated rings. The molecule has 0 atom stereocenters. The third-order valence-corrected chi connectivity index (χ3v) is 3.01. The Labute approximate surface area is 91.5 Å². The largest absolute Gasteiger partial charge is 0.281 e. The van der Waals surface area contributed by atoms with Crippen LogP contribution in [0.3, 0.4) is 0 Å². The molecule has 0 saturated carbocycles. The Bertz CT molecular complexity index is 621. The van der Waals surface area contributed by atoms with Crippen LogP contribution in [0.2, 0.25) is 0 Å². The van der Waals surface area contributed by atoms with E-state index in [1.165, 1.54) is 12.1 Å². The van der Waals surface area contributed by atoms with Gasteiger partial charge < -0.3 is 0 Å². The molecule has 0 aliphatic rings. The first-order chi connectivity index (χ1) is 7.46. The van der Waals surface area contributed by atoms with E-state index in [0.717, 1.165) is 0 Å². The summed E-state index contributed by atoms with van der Waals surface area (Å²) >= 11 is 0. The number of nitrogens with zero attached hydrogens (tertiary/aromatic N) is 1. The second-order valence-corrected chi connectivity index (χ2v) is 5.21. The fourth-order valence-electron chi connectivity index (χ4n) is 1.48. The van der Waals surface area contributed by atoms with Gasteiger partial charge in [0.05, 0.1) is 11.3 Å². The summed E-state index contributed by atoms with van der Waals surface area (Å²) in [7, 11) is -3.50. The number of nitrogens with one attached hydrogen (secondary N) is 1. The molecule has 3 N–H and O–H groups in total. The van der Waals surface area contributed by atoms with Gasteiger partial charge >= 0.3 is 0 Å². The normalized spacial score (nSPS) is 12.1. The van der Waals surface area contributed by atoms with E-state index in [-0.39, 0.29) is 18.0 Å². The van der Waals surface area contributed by atoms with Crippen molar-refractivity contribution in [2.45, 2.75) is 6.42 Å². The molecular formula is C9H10FN3O2S. The van der Waals surface area contributed by atoms with Crippen molar-refractivity contribution in [1.29, 1.82) is 0 Å². The van der Waals surface area contributed by atoms with Crippen molar-refractivity contribution < 1.29 is 12.8 Å². The number of benzene rings is 1. The quantitative estimate of drug-likeness (QED) is 0.824. The van der Waals surface area contributed by atoms with Crippen LogP contribution in [0.5, 0.6) is 0 Å². The predicted octanol–water partition coefficient (Wildman–Crippen LogP) is 0.533. The second kappa shape index (κ2) is 3.84. The van der Waals surface area contributed by atoms with Crippen LogP contribution >= 0.6 is 0 Å². The van der Waals surface area contributed by atoms with Crippen molar-refractivity contribution in [2.75, 3.05) is 5.75 Å². The fourth-order valence-corrected chi connectivity index (χ4v) is 1.96. The molecule has 7 heteroatoms. The van der Waals surface area contributed by atoms with Gasteiger partial charge in [0.25, 0.3) is 0 Å². The Kier molecular flexibility index (Phi) is 2.64. The van der Waals surface area contributed by atoms with E-state index in [2.05, 4.69) is 10.2 Å². The average Bonchev–Trinajstić information content (AvgIpc) is 2.56. The first-order valence-corrected chi connectivity index (χ1v) is 6.30. The van der Waals surface area contributed by atoms with E-state index in [4.69, 9.17) is 5.14 Å². The van der Waals surface area contributed by atoms with E-state index in [1.54, 1.807) is 6.07 Å². The molecule has 16 heavy (non-hydrogen) atoms. The number of hydrogen-bond donors (Lipinski definition) is 2. The lowest BCUT2D eigenvalue weighted by Crippen LogP contribution is -2.18. The van der Waals surface area contributed by atoms with Gasteiger partial charge in [-0.05, 0) is 12.1 Å². The van der Waals surface area contributed by atoms with E-state index in [0.29, 0.717) is 16.6 Å². The van der Waals surface area contributed by atoms with E-state index in [1.807, 2.05) is 0 Å². The number of sulfonamides is 1. The Morgan fingerprint density at radius 2 is 2.19 bits per heavy atom. The van der Waals surface area contributed by atoms with Crippen LogP contribution in [0, 0.1) is 5.82 Å². The summed E-state index contributed by atoms with van der Waals surface area (Å²) in [6.45, 7) is 0. The summed E-state index contributed by atoms with van der Waals surface area (Å²) in [6.07, 6.45) is 0.237. The molecule has 0 radical (unpaired) electrons. The molecule has 1 aromatic heterocycles. The summed E-state index contributed by atoms with van der Waals surface area (Å²) in [6, 6.07) is 4.15. The topological polar surface area (TPSA) is 88.8 Å². The van der Waals surface area contributed by atoms with Gasteiger partial charge in [-0.15, -0.1) is 0 Å². The van der Waals surface area contributed by atoms with Crippen LogP contribution in [0.1, 0.15) is 5.69 Å². The SMILES string of the molecule is NS(=O)(=O)CCc1[nH]nc2cc(F)ccc12. The first kappa shape index (κ1) is 11.0. The van der Waals surface area contributed by atoms with E-state index >= 15 is 0 Å². The monoisotopic (exact) mass is 243 g/mol. The number of fused-ring (bicyclic) bond motifs is 1. The van der Waals surface area contributed by atoms with Crippen molar-refractivity contribution in [3.8, 4) is 0 Å². The number of rotatable bonds is 3. The zero-order valence-corrected chi connectivity index (χ0v) is 9.09. The number of aromatic nitrogens is 2. The molecular weight excluding hydrogens is 233 g/mol. The van der Waals surface area contributed by atoms with Crippen molar-refractivity contribution >= 4 is 20.9 Å². The summed E-state index contributed by atoms with van der Waals surface area (Å²) < 4.78 is 34.5. The third kappa shape index (κ3) is 2.37. The summed E-state index contributed by atoms with van der Waals surface area (Å²) in [4.78, 5) is 0. The van der Waals surface area contributed by atoms with Gasteiger partial charge in [-0.2, -0.15) is 5.10 Å². The second-order valence-electron chi connectivity index (χ2n) is 3.48. The average molecular weight is 243 g/mol. The molecule has 1 heterocycles. The Hall–Kier alpha value is -1.47. The molecule has 0 unspecified atom stereocenters. The van der Waals surface area contributed by atoms with Crippen LogP contribution in [-0.4, -0.2) is 24.4 Å². The standard InChI is InChI=1S/C9H10FN3O2S/c10-6-1-2-7-8(3-4-16(11,14)15)12-13-9(7)5-6/h1-2,5H,3-4H2,(H,12,13)(H2,11,14,15). The maximum Gasteiger partial charge on any atom is 0.209 e. The maximum atomic E-state index is 12.9. The molecule has 5 nitrogen and oxygen atoms in total. The lowest BCUT2D eigenvalue weighted by Gasteiger charge is -1.97. The van der Waals surface area contributed by atoms with Crippen LogP contribution in [0.15, 0.2) is 18.2 Å². The van der Waals surface area contributed by atoms with Crippen molar-refractivity contribution in [3.63, 3.8) is 0 Å². The van der Waals surface area contributed by atoms with E-state index < -0.39 is 10.0 Å². The molecule has 1 aromatic carbocycles. The van der Waals surface area contributed by atoms with Crippen LogP contribution in [0.25, 0.3) is 10.9 Å². The number of halogens is 1. The lowest BCUT2D eigenvalue weighted by atomic mass is 10.2. The highest BCUT2D eigenvalue weighted by molar-refractivity contribution is 7.89. The minimum absolute atomic E-state index is 0.165. The first-order valence-electron chi connectivity index (χ1n) is 4.59. The number of primary sulfonamides is 1. The summed E-state index contributed by atoms with van der Waals surface area (Å²) in [5.74, 6) is -0.543. The van der Waals surface area contributed by atoms with Crippen LogP contribution in [0.4, 0.5) is 4.39 Å². The number of H-pyrrole nitrogens is 1. The minimum atomic E-state index is -3.50. The summed E-state index contributed by atoms with van der Waals surface area (Å²) in [5, 5.41) is 12.2. The number of aryl methyl sites for hydroxylation is 1. The molecule has 2 rings (SSSR count). The van der Waals surface area contributed by atoms with Gasteiger partial charge in [0.2, 0.25) is 10.0 Å². The smallest absolute Gasteiger partial charge is 0.209 e.